The molecule has 4 nitrogen and oxygen atoms in total. The summed E-state index contributed by atoms with van der Waals surface area (Å²) in [6.45, 7) is 0.544. The van der Waals surface area contributed by atoms with E-state index in [2.05, 4.69) is 5.32 Å². The minimum absolute atomic E-state index is 0.0746. The summed E-state index contributed by atoms with van der Waals surface area (Å²) >= 11 is 0. The van der Waals surface area contributed by atoms with Crippen LogP contribution in [0, 0.1) is 0 Å². The Labute approximate surface area is 117 Å². The molecule has 2 rings (SSSR count). The predicted octanol–water partition coefficient (Wildman–Crippen LogP) is 2.00. The fraction of sp³-hybridized carbons (Fsp3) is 0.188. The molecule has 2 aromatic carbocycles. The molecule has 0 saturated heterocycles. The highest BCUT2D eigenvalue weighted by Crippen LogP contribution is 2.11. The number of hydrogen-bond donors (Lipinski definition) is 3. The normalized spacial score (nSPS) is 10.2. The van der Waals surface area contributed by atoms with Crippen LogP contribution in [0.15, 0.2) is 48.5 Å². The van der Waals surface area contributed by atoms with Gasteiger partial charge in [0.1, 0.15) is 11.5 Å². The number of benzene rings is 2. The number of phenols is 2. The SMILES string of the molecule is O=C(Cc1cccc(O)c1)NCCc1ccc(O)cc1. The molecule has 0 saturated carbocycles. The van der Waals surface area contributed by atoms with Gasteiger partial charge in [0.05, 0.1) is 6.42 Å². The highest BCUT2D eigenvalue weighted by atomic mass is 16.3. The summed E-state index contributed by atoms with van der Waals surface area (Å²) in [6, 6.07) is 13.6. The summed E-state index contributed by atoms with van der Waals surface area (Å²) in [7, 11) is 0. The number of rotatable bonds is 5. The van der Waals surface area contributed by atoms with Crippen LogP contribution in [-0.2, 0) is 17.6 Å². The van der Waals surface area contributed by atoms with Crippen molar-refractivity contribution < 1.29 is 15.0 Å². The van der Waals surface area contributed by atoms with Crippen LogP contribution in [-0.4, -0.2) is 22.7 Å². The van der Waals surface area contributed by atoms with Crippen LogP contribution in [0.5, 0.6) is 11.5 Å². The molecule has 104 valence electrons. The van der Waals surface area contributed by atoms with Gasteiger partial charge >= 0.3 is 0 Å². The van der Waals surface area contributed by atoms with Gasteiger partial charge in [-0.15, -0.1) is 0 Å². The first kappa shape index (κ1) is 13.9. The third kappa shape index (κ3) is 4.31. The van der Waals surface area contributed by atoms with Crippen molar-refractivity contribution in [3.63, 3.8) is 0 Å². The van der Waals surface area contributed by atoms with E-state index in [0.717, 1.165) is 11.1 Å². The predicted molar refractivity (Wildman–Crippen MR) is 76.6 cm³/mol. The van der Waals surface area contributed by atoms with Crippen LogP contribution in [0.1, 0.15) is 11.1 Å². The van der Waals surface area contributed by atoms with Crippen LogP contribution >= 0.6 is 0 Å². The van der Waals surface area contributed by atoms with Crippen molar-refractivity contribution in [1.82, 2.24) is 5.32 Å². The smallest absolute Gasteiger partial charge is 0.224 e. The van der Waals surface area contributed by atoms with Crippen LogP contribution in [0.2, 0.25) is 0 Å². The lowest BCUT2D eigenvalue weighted by Crippen LogP contribution is -2.27. The number of nitrogens with one attached hydrogen (secondary N) is 1. The van der Waals surface area contributed by atoms with Crippen molar-refractivity contribution in [3.8, 4) is 11.5 Å². The molecule has 0 radical (unpaired) electrons. The Hall–Kier alpha value is -2.49. The maximum atomic E-state index is 11.7. The van der Waals surface area contributed by atoms with E-state index in [1.54, 1.807) is 36.4 Å². The van der Waals surface area contributed by atoms with Crippen LogP contribution in [0.25, 0.3) is 0 Å². The van der Waals surface area contributed by atoms with Crippen molar-refractivity contribution >= 4 is 5.91 Å². The molecule has 0 fully saturated rings. The van der Waals surface area contributed by atoms with E-state index in [1.165, 1.54) is 0 Å². The van der Waals surface area contributed by atoms with E-state index in [-0.39, 0.29) is 23.8 Å². The van der Waals surface area contributed by atoms with Crippen molar-refractivity contribution in [1.29, 1.82) is 0 Å². The fourth-order valence-corrected chi connectivity index (χ4v) is 1.92. The van der Waals surface area contributed by atoms with Gasteiger partial charge < -0.3 is 15.5 Å². The number of carbonyl (C=O) groups is 1. The zero-order chi connectivity index (χ0) is 14.4. The van der Waals surface area contributed by atoms with Gasteiger partial charge in [-0.2, -0.15) is 0 Å². The van der Waals surface area contributed by atoms with Crippen LogP contribution < -0.4 is 5.32 Å². The Morgan fingerprint density at radius 2 is 1.70 bits per heavy atom. The Bertz CT molecular complexity index is 579. The Balaban J connectivity index is 1.76. The minimum Gasteiger partial charge on any atom is -0.508 e. The molecule has 0 spiro atoms. The molecule has 1 amide bonds. The maximum Gasteiger partial charge on any atom is 0.224 e. The van der Waals surface area contributed by atoms with Gasteiger partial charge in [-0.05, 0) is 41.8 Å². The molecule has 0 aromatic heterocycles. The first-order valence-corrected chi connectivity index (χ1v) is 6.46. The molecule has 3 N–H and O–H groups in total. The third-order valence-electron chi connectivity index (χ3n) is 2.95. The van der Waals surface area contributed by atoms with Gasteiger partial charge in [-0.1, -0.05) is 24.3 Å². The Morgan fingerprint density at radius 3 is 2.40 bits per heavy atom. The molecule has 2 aromatic rings. The number of amides is 1. The second kappa shape index (κ2) is 6.61. The van der Waals surface area contributed by atoms with E-state index < -0.39 is 0 Å². The largest absolute Gasteiger partial charge is 0.508 e. The average molecular weight is 271 g/mol. The van der Waals surface area contributed by atoms with Crippen molar-refractivity contribution in [2.75, 3.05) is 6.54 Å². The topological polar surface area (TPSA) is 69.6 Å². The maximum absolute atomic E-state index is 11.7. The lowest BCUT2D eigenvalue weighted by Gasteiger charge is -2.06. The molecular weight excluding hydrogens is 254 g/mol. The van der Waals surface area contributed by atoms with Crippen molar-refractivity contribution in [2.45, 2.75) is 12.8 Å². The fourth-order valence-electron chi connectivity index (χ4n) is 1.92. The third-order valence-corrected chi connectivity index (χ3v) is 2.95. The molecule has 0 aliphatic carbocycles. The first-order chi connectivity index (χ1) is 9.63. The highest BCUT2D eigenvalue weighted by molar-refractivity contribution is 5.78. The van der Waals surface area contributed by atoms with Gasteiger partial charge in [-0.25, -0.2) is 0 Å². The summed E-state index contributed by atoms with van der Waals surface area (Å²) in [5, 5.41) is 21.3. The van der Waals surface area contributed by atoms with Gasteiger partial charge in [-0.3, -0.25) is 4.79 Å². The summed E-state index contributed by atoms with van der Waals surface area (Å²) < 4.78 is 0. The lowest BCUT2D eigenvalue weighted by atomic mass is 10.1. The summed E-state index contributed by atoms with van der Waals surface area (Å²) in [6.07, 6.45) is 0.968. The van der Waals surface area contributed by atoms with Crippen molar-refractivity contribution in [3.05, 3.63) is 59.7 Å². The molecule has 0 atom stereocenters. The average Bonchev–Trinajstić information content (AvgIpc) is 2.41. The minimum atomic E-state index is -0.0746. The Kier molecular flexibility index (Phi) is 4.60. The van der Waals surface area contributed by atoms with Gasteiger partial charge in [0.2, 0.25) is 5.91 Å². The second-order valence-corrected chi connectivity index (χ2v) is 4.61. The molecule has 20 heavy (non-hydrogen) atoms. The van der Waals surface area contributed by atoms with Gasteiger partial charge in [0.25, 0.3) is 0 Å². The molecule has 4 heteroatoms. The number of hydrogen-bond acceptors (Lipinski definition) is 3. The van der Waals surface area contributed by atoms with Crippen molar-refractivity contribution in [2.24, 2.45) is 0 Å². The number of aromatic hydroxyl groups is 2. The molecule has 0 aliphatic heterocycles. The van der Waals surface area contributed by atoms with Crippen LogP contribution in [0.3, 0.4) is 0 Å². The van der Waals surface area contributed by atoms with E-state index >= 15 is 0 Å². The van der Waals surface area contributed by atoms with E-state index in [1.807, 2.05) is 12.1 Å². The van der Waals surface area contributed by atoms with Gasteiger partial charge in [0.15, 0.2) is 0 Å². The highest BCUT2D eigenvalue weighted by Gasteiger charge is 2.03. The zero-order valence-electron chi connectivity index (χ0n) is 11.0. The molecule has 0 bridgehead atoms. The zero-order valence-corrected chi connectivity index (χ0v) is 11.0. The standard InChI is InChI=1S/C16H17NO3/c18-14-6-4-12(5-7-14)8-9-17-16(20)11-13-2-1-3-15(19)10-13/h1-7,10,18-19H,8-9,11H2,(H,17,20). The van der Waals surface area contributed by atoms with E-state index in [9.17, 15) is 9.90 Å². The number of phenolic OH excluding ortho intramolecular Hbond substituents is 2. The molecule has 0 heterocycles. The van der Waals surface area contributed by atoms with Crippen LogP contribution in [0.4, 0.5) is 0 Å². The first-order valence-electron chi connectivity index (χ1n) is 6.46. The Morgan fingerprint density at radius 1 is 0.950 bits per heavy atom. The summed E-state index contributed by atoms with van der Waals surface area (Å²) in [5.74, 6) is 0.329. The molecule has 0 aliphatic rings. The van der Waals surface area contributed by atoms with Gasteiger partial charge in [0, 0.05) is 6.54 Å². The van der Waals surface area contributed by atoms with E-state index in [0.29, 0.717) is 13.0 Å². The monoisotopic (exact) mass is 271 g/mol. The number of carbonyl (C=O) groups excluding carboxylic acids is 1. The summed E-state index contributed by atoms with van der Waals surface area (Å²) in [4.78, 5) is 11.7. The quantitative estimate of drug-likeness (QED) is 0.779. The summed E-state index contributed by atoms with van der Waals surface area (Å²) in [5.41, 5.74) is 1.84. The lowest BCUT2D eigenvalue weighted by molar-refractivity contribution is -0.120. The molecular formula is C16H17NO3. The molecule has 0 unspecified atom stereocenters. The van der Waals surface area contributed by atoms with E-state index in [4.69, 9.17) is 5.11 Å². The second-order valence-electron chi connectivity index (χ2n) is 4.61.